The Kier molecular flexibility index (Phi) is 5.39. The van der Waals surface area contributed by atoms with E-state index in [-0.39, 0.29) is 23.2 Å². The number of aromatic hydroxyl groups is 1. The monoisotopic (exact) mass is 396 g/mol. The van der Waals surface area contributed by atoms with E-state index in [2.05, 4.69) is 20.1 Å². The molecule has 28 heavy (non-hydrogen) atoms. The van der Waals surface area contributed by atoms with Crippen LogP contribution in [0.2, 0.25) is 0 Å². The van der Waals surface area contributed by atoms with Crippen LogP contribution in [0, 0.1) is 0 Å². The molecule has 1 aromatic heterocycles. The minimum absolute atomic E-state index is 0.00645. The van der Waals surface area contributed by atoms with Crippen molar-refractivity contribution in [2.45, 2.75) is 32.0 Å². The van der Waals surface area contributed by atoms with Crippen LogP contribution >= 0.6 is 0 Å². The molecule has 2 N–H and O–H groups in total. The van der Waals surface area contributed by atoms with E-state index in [1.807, 2.05) is 13.1 Å². The molecule has 0 bridgehead atoms. The number of alkyl halides is 3. The van der Waals surface area contributed by atoms with Crippen molar-refractivity contribution in [1.29, 1.82) is 0 Å². The molecule has 0 amide bonds. The zero-order valence-electron chi connectivity index (χ0n) is 15.5. The van der Waals surface area contributed by atoms with Crippen molar-refractivity contribution in [3.8, 4) is 17.1 Å². The van der Waals surface area contributed by atoms with Crippen LogP contribution in [0.4, 0.5) is 19.0 Å². The quantitative estimate of drug-likeness (QED) is 0.775. The second-order valence-corrected chi connectivity index (χ2v) is 6.64. The van der Waals surface area contributed by atoms with E-state index in [9.17, 15) is 23.1 Å². The summed E-state index contributed by atoms with van der Waals surface area (Å²) in [5.41, 5.74) is -1.47. The maximum atomic E-state index is 12.8. The van der Waals surface area contributed by atoms with Gasteiger partial charge in [-0.1, -0.05) is 0 Å². The van der Waals surface area contributed by atoms with Gasteiger partial charge in [0, 0.05) is 13.5 Å². The van der Waals surface area contributed by atoms with Crippen LogP contribution in [0.15, 0.2) is 23.0 Å². The Hall–Kier alpha value is -2.91. The number of hydrogen-bond donors (Lipinski definition) is 2. The first-order valence-corrected chi connectivity index (χ1v) is 8.90. The molecule has 7 nitrogen and oxygen atoms in total. The molecular weight excluding hydrogens is 375 g/mol. The SMILES string of the molecule is CC[N+]1=CC(Nc2nnc(-c3ccc(C(F)(F)F)cc3O)n(C)c2=O)CCC1. The molecule has 150 valence electrons. The van der Waals surface area contributed by atoms with Crippen LogP contribution < -0.4 is 10.9 Å². The molecular formula is C18H21F3N5O2+. The number of nitrogens with one attached hydrogen (secondary N) is 1. The summed E-state index contributed by atoms with van der Waals surface area (Å²) < 4.78 is 41.6. The fourth-order valence-corrected chi connectivity index (χ4v) is 3.15. The molecule has 0 saturated carbocycles. The highest BCUT2D eigenvalue weighted by molar-refractivity contribution is 5.66. The smallest absolute Gasteiger partial charge is 0.416 e. The Labute approximate surface area is 159 Å². The van der Waals surface area contributed by atoms with Crippen LogP contribution in [0.1, 0.15) is 25.3 Å². The van der Waals surface area contributed by atoms with Crippen LogP contribution in [0.5, 0.6) is 5.75 Å². The van der Waals surface area contributed by atoms with E-state index in [4.69, 9.17) is 0 Å². The lowest BCUT2D eigenvalue weighted by molar-refractivity contribution is -0.525. The molecule has 1 atom stereocenters. The normalized spacial score (nSPS) is 17.3. The Morgan fingerprint density at radius 3 is 2.75 bits per heavy atom. The Bertz CT molecular complexity index is 969. The van der Waals surface area contributed by atoms with Gasteiger partial charge in [-0.3, -0.25) is 9.36 Å². The van der Waals surface area contributed by atoms with E-state index in [1.54, 1.807) is 0 Å². The van der Waals surface area contributed by atoms with Gasteiger partial charge < -0.3 is 10.4 Å². The topological polar surface area (TPSA) is 83.0 Å². The second kappa shape index (κ2) is 7.61. The van der Waals surface area contributed by atoms with Gasteiger partial charge in [0.2, 0.25) is 5.82 Å². The lowest BCUT2D eigenvalue weighted by atomic mass is 10.1. The molecule has 3 rings (SSSR count). The summed E-state index contributed by atoms with van der Waals surface area (Å²) in [6.07, 6.45) is -0.736. The van der Waals surface area contributed by atoms with Crippen molar-refractivity contribution in [1.82, 2.24) is 14.8 Å². The van der Waals surface area contributed by atoms with Gasteiger partial charge in [0.15, 0.2) is 12.0 Å². The zero-order valence-corrected chi connectivity index (χ0v) is 15.5. The Balaban J connectivity index is 1.92. The maximum absolute atomic E-state index is 12.8. The predicted molar refractivity (Wildman–Crippen MR) is 97.8 cm³/mol. The lowest BCUT2D eigenvalue weighted by Gasteiger charge is -2.18. The first kappa shape index (κ1) is 19.8. The fourth-order valence-electron chi connectivity index (χ4n) is 3.15. The van der Waals surface area contributed by atoms with Gasteiger partial charge in [0.05, 0.1) is 11.1 Å². The Morgan fingerprint density at radius 2 is 2.11 bits per heavy atom. The minimum Gasteiger partial charge on any atom is -0.507 e. The third-order valence-corrected chi connectivity index (χ3v) is 4.72. The van der Waals surface area contributed by atoms with Crippen LogP contribution in [-0.2, 0) is 13.2 Å². The molecule has 1 aliphatic heterocycles. The average molecular weight is 396 g/mol. The van der Waals surface area contributed by atoms with Gasteiger partial charge in [-0.15, -0.1) is 10.2 Å². The van der Waals surface area contributed by atoms with E-state index >= 15 is 0 Å². The van der Waals surface area contributed by atoms with Crippen molar-refractivity contribution in [2.24, 2.45) is 7.05 Å². The lowest BCUT2D eigenvalue weighted by Crippen LogP contribution is -2.36. The van der Waals surface area contributed by atoms with Crippen LogP contribution in [-0.4, -0.2) is 49.8 Å². The number of phenols is 1. The highest BCUT2D eigenvalue weighted by Crippen LogP contribution is 2.35. The standard InChI is InChI=1S/C18H20F3N5O2/c1-3-26-8-4-5-12(10-26)22-15-17(28)25(2)16(24-23-15)13-7-6-11(9-14(13)27)18(19,20)21/h6-7,9-10,12H,3-5,8H2,1-2H3,(H-,22,23,24,27,28)/p+1. The first-order chi connectivity index (χ1) is 13.2. The summed E-state index contributed by atoms with van der Waals surface area (Å²) in [5, 5.41) is 20.9. The second-order valence-electron chi connectivity index (χ2n) is 6.64. The molecule has 1 aromatic carbocycles. The zero-order chi connectivity index (χ0) is 20.5. The number of phenolic OH excluding ortho intramolecular Hbond substituents is 1. The van der Waals surface area contributed by atoms with Crippen molar-refractivity contribution in [3.63, 3.8) is 0 Å². The summed E-state index contributed by atoms with van der Waals surface area (Å²) in [7, 11) is 1.43. The maximum Gasteiger partial charge on any atom is 0.416 e. The molecule has 0 radical (unpaired) electrons. The number of hydrogen-bond acceptors (Lipinski definition) is 5. The van der Waals surface area contributed by atoms with Gasteiger partial charge in [0.25, 0.3) is 5.56 Å². The van der Waals surface area contributed by atoms with E-state index in [1.165, 1.54) is 7.05 Å². The van der Waals surface area contributed by atoms with E-state index in [0.29, 0.717) is 6.07 Å². The molecule has 0 aliphatic carbocycles. The summed E-state index contributed by atoms with van der Waals surface area (Å²) in [5.74, 6) is -0.597. The largest absolute Gasteiger partial charge is 0.507 e. The highest BCUT2D eigenvalue weighted by Gasteiger charge is 2.31. The van der Waals surface area contributed by atoms with E-state index in [0.717, 1.165) is 42.6 Å². The van der Waals surface area contributed by atoms with Crippen molar-refractivity contribution in [2.75, 3.05) is 18.4 Å². The number of aromatic nitrogens is 3. The number of halogens is 3. The summed E-state index contributed by atoms with van der Waals surface area (Å²) in [4.78, 5) is 12.6. The van der Waals surface area contributed by atoms with Gasteiger partial charge >= 0.3 is 6.18 Å². The molecule has 0 fully saturated rings. The van der Waals surface area contributed by atoms with Crippen molar-refractivity contribution >= 4 is 12.0 Å². The molecule has 2 heterocycles. The Morgan fingerprint density at radius 1 is 1.36 bits per heavy atom. The summed E-state index contributed by atoms with van der Waals surface area (Å²) >= 11 is 0. The fraction of sp³-hybridized carbons (Fsp3) is 0.444. The van der Waals surface area contributed by atoms with Crippen LogP contribution in [0.25, 0.3) is 11.4 Å². The van der Waals surface area contributed by atoms with E-state index < -0.39 is 23.0 Å². The number of anilines is 1. The number of nitrogens with zero attached hydrogens (tertiary/aromatic N) is 4. The van der Waals surface area contributed by atoms with Crippen LogP contribution in [0.3, 0.4) is 0 Å². The number of rotatable bonds is 4. The van der Waals surface area contributed by atoms with Gasteiger partial charge in [-0.2, -0.15) is 13.2 Å². The molecule has 1 aliphatic rings. The molecule has 0 spiro atoms. The molecule has 10 heteroatoms. The number of benzene rings is 1. The molecule has 0 saturated heterocycles. The van der Waals surface area contributed by atoms with Gasteiger partial charge in [-0.05, 0) is 31.5 Å². The van der Waals surface area contributed by atoms with Crippen molar-refractivity contribution in [3.05, 3.63) is 34.1 Å². The first-order valence-electron chi connectivity index (χ1n) is 8.90. The third-order valence-electron chi connectivity index (χ3n) is 4.72. The highest BCUT2D eigenvalue weighted by atomic mass is 19.4. The molecule has 1 unspecified atom stereocenters. The summed E-state index contributed by atoms with van der Waals surface area (Å²) in [6, 6.07) is 2.44. The minimum atomic E-state index is -4.58. The van der Waals surface area contributed by atoms with Crippen molar-refractivity contribution < 1.29 is 22.9 Å². The summed E-state index contributed by atoms with van der Waals surface area (Å²) in [6.45, 7) is 3.88. The average Bonchev–Trinajstić information content (AvgIpc) is 2.65. The molecule has 2 aromatic rings. The third kappa shape index (κ3) is 4.00. The van der Waals surface area contributed by atoms with Gasteiger partial charge in [0.1, 0.15) is 24.9 Å². The van der Waals surface area contributed by atoms with Gasteiger partial charge in [-0.25, -0.2) is 4.58 Å². The predicted octanol–water partition coefficient (Wildman–Crippen LogP) is 2.24.